The average Bonchev–Trinajstić information content (AvgIpc) is 2.61. The molecular formula is C18H13Cl2FN4O. The lowest BCUT2D eigenvalue weighted by Crippen LogP contribution is -2.15. The van der Waals surface area contributed by atoms with E-state index in [1.54, 1.807) is 36.4 Å². The molecule has 0 saturated carbocycles. The third-order valence-corrected chi connectivity index (χ3v) is 4.16. The lowest BCUT2D eigenvalue weighted by Gasteiger charge is -2.09. The third kappa shape index (κ3) is 4.68. The van der Waals surface area contributed by atoms with Crippen molar-refractivity contribution in [2.45, 2.75) is 6.42 Å². The summed E-state index contributed by atoms with van der Waals surface area (Å²) < 4.78 is 12.9. The highest BCUT2D eigenvalue weighted by molar-refractivity contribution is 6.36. The van der Waals surface area contributed by atoms with E-state index in [0.29, 0.717) is 32.8 Å². The van der Waals surface area contributed by atoms with Crippen LogP contribution in [-0.4, -0.2) is 16.1 Å². The molecule has 2 N–H and O–H groups in total. The maximum Gasteiger partial charge on any atom is 0.228 e. The van der Waals surface area contributed by atoms with Gasteiger partial charge < -0.3 is 10.6 Å². The van der Waals surface area contributed by atoms with Crippen LogP contribution in [-0.2, 0) is 11.2 Å². The highest BCUT2D eigenvalue weighted by Crippen LogP contribution is 2.25. The van der Waals surface area contributed by atoms with Gasteiger partial charge in [-0.25, -0.2) is 4.39 Å². The van der Waals surface area contributed by atoms with Crippen molar-refractivity contribution >= 4 is 46.3 Å². The van der Waals surface area contributed by atoms with Crippen LogP contribution in [0, 0.1) is 5.82 Å². The number of carbonyl (C=O) groups excluding carboxylic acids is 1. The Hall–Kier alpha value is -2.70. The molecule has 1 amide bonds. The molecule has 26 heavy (non-hydrogen) atoms. The van der Waals surface area contributed by atoms with Crippen molar-refractivity contribution in [2.24, 2.45) is 0 Å². The lowest BCUT2D eigenvalue weighted by atomic mass is 10.1. The standard InChI is InChI=1S/C18H13Cl2FN4O/c19-15-2-1-3-16(20)14(15)9-18(26)24-13-8-17(25-22-10-13)23-12-6-4-11(21)5-7-12/h1-8,10H,9H2,(H2,23,24,25,26). The van der Waals surface area contributed by atoms with Gasteiger partial charge >= 0.3 is 0 Å². The number of nitrogens with one attached hydrogen (secondary N) is 2. The minimum Gasteiger partial charge on any atom is -0.339 e. The Morgan fingerprint density at radius 3 is 2.42 bits per heavy atom. The minimum atomic E-state index is -0.333. The molecule has 8 heteroatoms. The monoisotopic (exact) mass is 390 g/mol. The molecule has 0 unspecified atom stereocenters. The summed E-state index contributed by atoms with van der Waals surface area (Å²) >= 11 is 12.2. The van der Waals surface area contributed by atoms with E-state index in [1.165, 1.54) is 18.3 Å². The summed E-state index contributed by atoms with van der Waals surface area (Å²) in [6.07, 6.45) is 1.45. The molecule has 3 aromatic rings. The first-order valence-electron chi connectivity index (χ1n) is 7.59. The molecule has 1 heterocycles. The van der Waals surface area contributed by atoms with Crippen molar-refractivity contribution in [2.75, 3.05) is 10.6 Å². The van der Waals surface area contributed by atoms with Crippen LogP contribution in [0.3, 0.4) is 0 Å². The van der Waals surface area contributed by atoms with Crippen LogP contribution in [0.1, 0.15) is 5.56 Å². The van der Waals surface area contributed by atoms with E-state index in [4.69, 9.17) is 23.2 Å². The maximum atomic E-state index is 12.9. The third-order valence-electron chi connectivity index (χ3n) is 3.45. The lowest BCUT2D eigenvalue weighted by molar-refractivity contribution is -0.115. The number of halogens is 3. The van der Waals surface area contributed by atoms with E-state index in [2.05, 4.69) is 20.8 Å². The van der Waals surface area contributed by atoms with Gasteiger partial charge in [-0.2, -0.15) is 5.10 Å². The zero-order valence-electron chi connectivity index (χ0n) is 13.3. The van der Waals surface area contributed by atoms with Gasteiger partial charge in [0.2, 0.25) is 5.91 Å². The summed E-state index contributed by atoms with van der Waals surface area (Å²) in [6, 6.07) is 12.5. The molecule has 0 spiro atoms. The van der Waals surface area contributed by atoms with E-state index in [0.717, 1.165) is 0 Å². The van der Waals surface area contributed by atoms with E-state index in [-0.39, 0.29) is 18.1 Å². The number of rotatable bonds is 5. The topological polar surface area (TPSA) is 66.9 Å². The first kappa shape index (κ1) is 18.1. The van der Waals surface area contributed by atoms with Gasteiger partial charge in [0, 0.05) is 21.8 Å². The second kappa shape index (κ2) is 8.12. The molecule has 0 bridgehead atoms. The van der Waals surface area contributed by atoms with Crippen LogP contribution in [0.4, 0.5) is 21.6 Å². The summed E-state index contributed by atoms with van der Waals surface area (Å²) in [5.41, 5.74) is 1.66. The quantitative estimate of drug-likeness (QED) is 0.653. The number of amides is 1. The average molecular weight is 391 g/mol. The number of anilines is 3. The first-order valence-corrected chi connectivity index (χ1v) is 8.35. The second-order valence-electron chi connectivity index (χ2n) is 5.39. The summed E-state index contributed by atoms with van der Waals surface area (Å²) in [6.45, 7) is 0. The summed E-state index contributed by atoms with van der Waals surface area (Å²) in [7, 11) is 0. The highest BCUT2D eigenvalue weighted by atomic mass is 35.5. The number of hydrogen-bond donors (Lipinski definition) is 2. The van der Waals surface area contributed by atoms with Gasteiger partial charge in [0.1, 0.15) is 5.82 Å². The van der Waals surface area contributed by atoms with Crippen LogP contribution < -0.4 is 10.6 Å². The zero-order chi connectivity index (χ0) is 18.5. The van der Waals surface area contributed by atoms with E-state index >= 15 is 0 Å². The SMILES string of the molecule is O=C(Cc1c(Cl)cccc1Cl)Nc1cnnc(Nc2ccc(F)cc2)c1. The molecule has 132 valence electrons. The number of hydrogen-bond acceptors (Lipinski definition) is 4. The second-order valence-corrected chi connectivity index (χ2v) is 6.20. The fourth-order valence-electron chi connectivity index (χ4n) is 2.24. The molecule has 0 aliphatic heterocycles. The van der Waals surface area contributed by atoms with Crippen LogP contribution in [0.2, 0.25) is 10.0 Å². The summed E-state index contributed by atoms with van der Waals surface area (Å²) in [5.74, 6) is -0.216. The molecule has 3 rings (SSSR count). The van der Waals surface area contributed by atoms with Gasteiger partial charge in [0.25, 0.3) is 0 Å². The molecule has 0 saturated heterocycles. The van der Waals surface area contributed by atoms with E-state index in [1.807, 2.05) is 0 Å². The Morgan fingerprint density at radius 1 is 1.04 bits per heavy atom. The van der Waals surface area contributed by atoms with Crippen molar-refractivity contribution in [3.05, 3.63) is 76.2 Å². The van der Waals surface area contributed by atoms with Gasteiger partial charge in [-0.15, -0.1) is 5.10 Å². The summed E-state index contributed by atoms with van der Waals surface area (Å²) in [5, 5.41) is 14.3. The molecule has 0 radical (unpaired) electrons. The molecule has 0 aliphatic rings. The largest absolute Gasteiger partial charge is 0.339 e. The minimum absolute atomic E-state index is 0.0293. The predicted molar refractivity (Wildman–Crippen MR) is 101 cm³/mol. The van der Waals surface area contributed by atoms with Gasteiger partial charge in [-0.3, -0.25) is 4.79 Å². The Kier molecular flexibility index (Phi) is 5.65. The van der Waals surface area contributed by atoms with Crippen LogP contribution >= 0.6 is 23.2 Å². The number of benzene rings is 2. The van der Waals surface area contributed by atoms with E-state index < -0.39 is 0 Å². The highest BCUT2D eigenvalue weighted by Gasteiger charge is 2.11. The molecule has 2 aromatic carbocycles. The fourth-order valence-corrected chi connectivity index (χ4v) is 2.78. The van der Waals surface area contributed by atoms with Gasteiger partial charge in [-0.05, 0) is 42.0 Å². The number of aromatic nitrogens is 2. The van der Waals surface area contributed by atoms with Crippen molar-refractivity contribution in [1.29, 1.82) is 0 Å². The van der Waals surface area contributed by atoms with Gasteiger partial charge in [0.15, 0.2) is 5.82 Å². The molecule has 0 atom stereocenters. The molecule has 0 aliphatic carbocycles. The van der Waals surface area contributed by atoms with Crippen molar-refractivity contribution in [1.82, 2.24) is 10.2 Å². The summed E-state index contributed by atoms with van der Waals surface area (Å²) in [4.78, 5) is 12.3. The van der Waals surface area contributed by atoms with Crippen molar-refractivity contribution < 1.29 is 9.18 Å². The van der Waals surface area contributed by atoms with Gasteiger partial charge in [-0.1, -0.05) is 29.3 Å². The maximum absolute atomic E-state index is 12.9. The first-order chi connectivity index (χ1) is 12.5. The number of carbonyl (C=O) groups is 1. The molecule has 5 nitrogen and oxygen atoms in total. The van der Waals surface area contributed by atoms with Crippen molar-refractivity contribution in [3.8, 4) is 0 Å². The smallest absolute Gasteiger partial charge is 0.228 e. The Morgan fingerprint density at radius 2 is 1.73 bits per heavy atom. The van der Waals surface area contributed by atoms with Crippen LogP contribution in [0.15, 0.2) is 54.7 Å². The van der Waals surface area contributed by atoms with Crippen molar-refractivity contribution in [3.63, 3.8) is 0 Å². The van der Waals surface area contributed by atoms with Crippen LogP contribution in [0.25, 0.3) is 0 Å². The zero-order valence-corrected chi connectivity index (χ0v) is 14.9. The predicted octanol–water partition coefficient (Wildman–Crippen LogP) is 4.85. The Balaban J connectivity index is 1.68. The Bertz CT molecular complexity index is 914. The van der Waals surface area contributed by atoms with Crippen LogP contribution in [0.5, 0.6) is 0 Å². The normalized spacial score (nSPS) is 10.4. The Labute approximate surface area is 159 Å². The molecule has 0 fully saturated rings. The number of nitrogens with zero attached hydrogens (tertiary/aromatic N) is 2. The van der Waals surface area contributed by atoms with E-state index in [9.17, 15) is 9.18 Å². The van der Waals surface area contributed by atoms with Gasteiger partial charge in [0.05, 0.1) is 18.3 Å². The fraction of sp³-hybridized carbons (Fsp3) is 0.0556. The molecular weight excluding hydrogens is 378 g/mol. The molecule has 1 aromatic heterocycles.